The topological polar surface area (TPSA) is 118 Å². The van der Waals surface area contributed by atoms with Crippen LogP contribution >= 0.6 is 0 Å². The van der Waals surface area contributed by atoms with Crippen LogP contribution in [0.5, 0.6) is 0 Å². The summed E-state index contributed by atoms with van der Waals surface area (Å²) in [5.74, 6) is -2.65. The first-order valence-electron chi connectivity index (χ1n) is 10.6. The summed E-state index contributed by atoms with van der Waals surface area (Å²) in [7, 11) is -4.83. The molecule has 28 heavy (non-hydrogen) atoms. The lowest BCUT2D eigenvalue weighted by Crippen LogP contribution is -2.36. The van der Waals surface area contributed by atoms with Crippen LogP contribution in [0.1, 0.15) is 104 Å². The highest BCUT2D eigenvalue weighted by Gasteiger charge is 2.36. The number of esters is 1. The van der Waals surface area contributed by atoms with E-state index in [1.54, 1.807) is 0 Å². The average Bonchev–Trinajstić information content (AvgIpc) is 2.60. The van der Waals surface area contributed by atoms with Crippen LogP contribution in [0.15, 0.2) is 0 Å². The van der Waals surface area contributed by atoms with Gasteiger partial charge >= 0.3 is 11.9 Å². The second-order valence-electron chi connectivity index (χ2n) is 7.42. The maximum Gasteiger partial charge on any atom is 0.327 e. The van der Waals surface area contributed by atoms with Gasteiger partial charge in [-0.25, -0.2) is 0 Å². The summed E-state index contributed by atoms with van der Waals surface area (Å²) in [6.45, 7) is 4.28. The molecule has 0 amide bonds. The number of aliphatic carboxylic acids is 1. The third kappa shape index (κ3) is 13.9. The van der Waals surface area contributed by atoms with Gasteiger partial charge in [0.05, 0.1) is 6.42 Å². The van der Waals surface area contributed by atoms with Crippen LogP contribution in [0.3, 0.4) is 0 Å². The van der Waals surface area contributed by atoms with E-state index in [2.05, 4.69) is 13.8 Å². The Bertz CT molecular complexity index is 531. The monoisotopic (exact) mass is 422 g/mol. The van der Waals surface area contributed by atoms with E-state index in [0.717, 1.165) is 51.4 Å². The molecule has 166 valence electrons. The van der Waals surface area contributed by atoms with E-state index in [1.165, 1.54) is 19.3 Å². The second kappa shape index (κ2) is 15.7. The van der Waals surface area contributed by atoms with Crippen molar-refractivity contribution in [3.63, 3.8) is 0 Å². The van der Waals surface area contributed by atoms with Crippen LogP contribution in [0.4, 0.5) is 0 Å². The molecule has 0 saturated carbocycles. The summed E-state index contributed by atoms with van der Waals surface area (Å²) in [6, 6.07) is 0. The molecule has 0 radical (unpaired) electrons. The zero-order chi connectivity index (χ0) is 21.4. The van der Waals surface area contributed by atoms with Crippen LogP contribution in [-0.4, -0.2) is 41.4 Å². The number of carboxylic acids is 1. The lowest BCUT2D eigenvalue weighted by molar-refractivity contribution is -0.152. The SMILES string of the molecule is CCCCCCCCC(CCCCCCC)OC(=O)C(CC(=O)O)S(=O)(=O)O. The number of carbonyl (C=O) groups excluding carboxylic acids is 1. The average molecular weight is 423 g/mol. The maximum atomic E-state index is 12.2. The Balaban J connectivity index is 4.71. The van der Waals surface area contributed by atoms with Gasteiger partial charge in [0.25, 0.3) is 10.1 Å². The van der Waals surface area contributed by atoms with Gasteiger partial charge in [0.15, 0.2) is 5.25 Å². The van der Waals surface area contributed by atoms with Gasteiger partial charge < -0.3 is 9.84 Å². The number of ether oxygens (including phenoxy) is 1. The summed E-state index contributed by atoms with van der Waals surface area (Å²) < 4.78 is 37.3. The molecule has 0 aliphatic heterocycles. The Hall–Kier alpha value is -1.15. The largest absolute Gasteiger partial charge is 0.481 e. The van der Waals surface area contributed by atoms with E-state index in [-0.39, 0.29) is 0 Å². The van der Waals surface area contributed by atoms with Gasteiger partial charge in [-0.1, -0.05) is 71.6 Å². The van der Waals surface area contributed by atoms with Crippen molar-refractivity contribution >= 4 is 22.1 Å². The fourth-order valence-corrected chi connectivity index (χ4v) is 3.75. The van der Waals surface area contributed by atoms with Crippen LogP contribution < -0.4 is 0 Å². The molecule has 0 rings (SSSR count). The molecular weight excluding hydrogens is 384 g/mol. The van der Waals surface area contributed by atoms with E-state index in [0.29, 0.717) is 12.8 Å². The molecule has 0 heterocycles. The molecule has 8 heteroatoms. The molecule has 0 aromatic rings. The minimum Gasteiger partial charge on any atom is -0.481 e. The van der Waals surface area contributed by atoms with E-state index >= 15 is 0 Å². The first-order chi connectivity index (χ1) is 13.2. The molecule has 2 N–H and O–H groups in total. The van der Waals surface area contributed by atoms with Crippen molar-refractivity contribution < 1.29 is 32.4 Å². The molecule has 0 aliphatic carbocycles. The van der Waals surface area contributed by atoms with Crippen molar-refractivity contribution in [2.75, 3.05) is 0 Å². The van der Waals surface area contributed by atoms with Crippen molar-refractivity contribution in [1.82, 2.24) is 0 Å². The van der Waals surface area contributed by atoms with E-state index < -0.39 is 39.8 Å². The predicted octanol–water partition coefficient (Wildman–Crippen LogP) is 4.74. The van der Waals surface area contributed by atoms with Gasteiger partial charge in [-0.3, -0.25) is 14.1 Å². The fourth-order valence-electron chi connectivity index (χ4n) is 3.10. The number of hydrogen-bond acceptors (Lipinski definition) is 5. The summed E-state index contributed by atoms with van der Waals surface area (Å²) in [5.41, 5.74) is 0. The number of unbranched alkanes of at least 4 members (excludes halogenated alkanes) is 9. The lowest BCUT2D eigenvalue weighted by Gasteiger charge is -2.20. The van der Waals surface area contributed by atoms with Gasteiger partial charge in [-0.15, -0.1) is 0 Å². The first kappa shape index (κ1) is 26.9. The molecule has 0 fully saturated rings. The molecule has 0 bridgehead atoms. The van der Waals surface area contributed by atoms with Crippen molar-refractivity contribution in [3.8, 4) is 0 Å². The molecule has 2 unspecified atom stereocenters. The van der Waals surface area contributed by atoms with E-state index in [1.807, 2.05) is 0 Å². The van der Waals surface area contributed by atoms with E-state index in [9.17, 15) is 22.6 Å². The quantitative estimate of drug-likeness (QED) is 0.186. The first-order valence-corrected chi connectivity index (χ1v) is 12.1. The lowest BCUT2D eigenvalue weighted by atomic mass is 10.0. The van der Waals surface area contributed by atoms with Gasteiger partial charge in [-0.05, 0) is 25.7 Å². The third-order valence-corrected chi connectivity index (χ3v) is 5.85. The summed E-state index contributed by atoms with van der Waals surface area (Å²) >= 11 is 0. The highest BCUT2D eigenvalue weighted by atomic mass is 32.2. The Morgan fingerprint density at radius 2 is 1.25 bits per heavy atom. The van der Waals surface area contributed by atoms with Gasteiger partial charge in [-0.2, -0.15) is 8.42 Å². The number of carboxylic acid groups (broad SMARTS) is 1. The molecule has 0 aliphatic rings. The smallest absolute Gasteiger partial charge is 0.327 e. The molecule has 0 aromatic carbocycles. The maximum absolute atomic E-state index is 12.2. The summed E-state index contributed by atoms with van der Waals surface area (Å²) in [5, 5.41) is 6.74. The second-order valence-corrected chi connectivity index (χ2v) is 9.02. The van der Waals surface area contributed by atoms with Crippen LogP contribution in [0, 0.1) is 0 Å². The van der Waals surface area contributed by atoms with Crippen LogP contribution in [0.2, 0.25) is 0 Å². The van der Waals surface area contributed by atoms with Gasteiger partial charge in [0.1, 0.15) is 6.10 Å². The van der Waals surface area contributed by atoms with Crippen LogP contribution in [-0.2, 0) is 24.4 Å². The zero-order valence-corrected chi connectivity index (χ0v) is 18.2. The predicted molar refractivity (Wildman–Crippen MR) is 109 cm³/mol. The highest BCUT2D eigenvalue weighted by molar-refractivity contribution is 7.87. The zero-order valence-electron chi connectivity index (χ0n) is 17.4. The van der Waals surface area contributed by atoms with Gasteiger partial charge in [0.2, 0.25) is 0 Å². The Morgan fingerprint density at radius 3 is 1.64 bits per heavy atom. The molecule has 0 saturated heterocycles. The van der Waals surface area contributed by atoms with Crippen LogP contribution in [0.25, 0.3) is 0 Å². The van der Waals surface area contributed by atoms with E-state index in [4.69, 9.17) is 9.84 Å². The molecule has 0 spiro atoms. The van der Waals surface area contributed by atoms with Gasteiger partial charge in [0, 0.05) is 0 Å². The number of rotatable bonds is 18. The molecular formula is C20H38O7S. The summed E-state index contributed by atoms with van der Waals surface area (Å²) in [4.78, 5) is 23.1. The molecule has 0 aromatic heterocycles. The molecule has 7 nitrogen and oxygen atoms in total. The highest BCUT2D eigenvalue weighted by Crippen LogP contribution is 2.19. The Morgan fingerprint density at radius 1 is 0.821 bits per heavy atom. The fraction of sp³-hybridized carbons (Fsp3) is 0.900. The molecule has 2 atom stereocenters. The van der Waals surface area contributed by atoms with Crippen molar-refractivity contribution in [1.29, 1.82) is 0 Å². The van der Waals surface area contributed by atoms with Crippen molar-refractivity contribution in [2.45, 2.75) is 115 Å². The van der Waals surface area contributed by atoms with Crippen molar-refractivity contribution in [3.05, 3.63) is 0 Å². The summed E-state index contributed by atoms with van der Waals surface area (Å²) in [6.07, 6.45) is 11.6. The standard InChI is InChI=1S/C20H38O7S/c1-3-5-7-9-11-13-15-17(14-12-10-8-6-4-2)27-20(23)18(16-19(21)22)28(24,25)26/h17-18H,3-16H2,1-2H3,(H,21,22)(H,24,25,26). The Labute approximate surface area is 170 Å². The normalized spacial score (nSPS) is 13.8. The minimum absolute atomic E-state index is 0.446. The third-order valence-electron chi connectivity index (χ3n) is 4.77. The Kier molecular flexibility index (Phi) is 15.1. The number of carbonyl (C=O) groups is 2. The van der Waals surface area contributed by atoms with Crippen molar-refractivity contribution in [2.24, 2.45) is 0 Å². The number of hydrogen-bond donors (Lipinski definition) is 2. The minimum atomic E-state index is -4.83.